The third kappa shape index (κ3) is 5.18. The summed E-state index contributed by atoms with van der Waals surface area (Å²) in [6.07, 6.45) is 7.40. The van der Waals surface area contributed by atoms with E-state index in [4.69, 9.17) is 0 Å². The number of nitrogens with one attached hydrogen (secondary N) is 1. The minimum Gasteiger partial charge on any atom is -0.392 e. The standard InChI is InChI=1S/C30H31FN6O/c1-21(38)18-35-9-11-36(12-10-35)27-7-5-23(6-8-27)24-14-28-29(17-33-30(28)32-15-24)25-16-34-37(20-25)19-22-3-2-4-26(31)13-22/h2-8,13-17,20-21,38H,9-12,18-19H2,1H3,(H,32,33)/t21-/m1/s1. The molecule has 194 valence electrons. The summed E-state index contributed by atoms with van der Waals surface area (Å²) in [7, 11) is 0. The lowest BCUT2D eigenvalue weighted by atomic mass is 10.0. The molecule has 5 aromatic rings. The van der Waals surface area contributed by atoms with E-state index in [0.29, 0.717) is 6.54 Å². The Morgan fingerprint density at radius 3 is 2.55 bits per heavy atom. The van der Waals surface area contributed by atoms with E-state index in [1.54, 1.807) is 6.07 Å². The molecular formula is C30H31FN6O. The number of rotatable bonds is 7. The molecule has 1 aliphatic heterocycles. The second-order valence-corrected chi connectivity index (χ2v) is 10.1. The summed E-state index contributed by atoms with van der Waals surface area (Å²) in [5.41, 5.74) is 7.10. The molecule has 0 saturated carbocycles. The SMILES string of the molecule is C[C@@H](O)CN1CCN(c2ccc(-c3cnc4[nH]cc(-c5cnn(Cc6cccc(F)c6)c5)c4c3)cc2)CC1. The summed E-state index contributed by atoms with van der Waals surface area (Å²) in [5, 5.41) is 15.2. The highest BCUT2D eigenvalue weighted by atomic mass is 19.1. The molecule has 0 aliphatic carbocycles. The van der Waals surface area contributed by atoms with Crippen LogP contribution in [0.1, 0.15) is 12.5 Å². The van der Waals surface area contributed by atoms with Crippen LogP contribution in [0.5, 0.6) is 0 Å². The molecule has 6 rings (SSSR count). The van der Waals surface area contributed by atoms with Crippen LogP contribution in [0.15, 0.2) is 79.4 Å². The van der Waals surface area contributed by atoms with E-state index in [2.05, 4.69) is 55.2 Å². The average molecular weight is 511 g/mol. The first-order chi connectivity index (χ1) is 18.5. The van der Waals surface area contributed by atoms with Gasteiger partial charge in [0.25, 0.3) is 0 Å². The molecule has 7 nitrogen and oxygen atoms in total. The van der Waals surface area contributed by atoms with Gasteiger partial charge in [-0.1, -0.05) is 24.3 Å². The van der Waals surface area contributed by atoms with Crippen molar-refractivity contribution in [1.29, 1.82) is 0 Å². The predicted molar refractivity (Wildman–Crippen MR) is 149 cm³/mol. The van der Waals surface area contributed by atoms with Gasteiger partial charge in [0, 0.05) is 79.1 Å². The van der Waals surface area contributed by atoms with Gasteiger partial charge in [0.2, 0.25) is 0 Å². The molecule has 2 N–H and O–H groups in total. The zero-order valence-corrected chi connectivity index (χ0v) is 21.4. The van der Waals surface area contributed by atoms with Gasteiger partial charge in [0.1, 0.15) is 11.5 Å². The largest absolute Gasteiger partial charge is 0.392 e. The van der Waals surface area contributed by atoms with E-state index in [9.17, 15) is 9.50 Å². The van der Waals surface area contributed by atoms with Gasteiger partial charge >= 0.3 is 0 Å². The fourth-order valence-corrected chi connectivity index (χ4v) is 5.24. The predicted octanol–water partition coefficient (Wildman–Crippen LogP) is 4.78. The van der Waals surface area contributed by atoms with Gasteiger partial charge in [-0.25, -0.2) is 9.37 Å². The number of aliphatic hydroxyl groups is 1. The van der Waals surface area contributed by atoms with E-state index in [0.717, 1.165) is 71.6 Å². The Hall–Kier alpha value is -4.01. The first kappa shape index (κ1) is 24.3. The summed E-state index contributed by atoms with van der Waals surface area (Å²) < 4.78 is 15.4. The molecule has 1 aliphatic rings. The second kappa shape index (κ2) is 10.4. The number of aromatic amines is 1. The Morgan fingerprint density at radius 2 is 1.79 bits per heavy atom. The zero-order chi connectivity index (χ0) is 26.1. The lowest BCUT2D eigenvalue weighted by molar-refractivity contribution is 0.123. The van der Waals surface area contributed by atoms with Crippen LogP contribution >= 0.6 is 0 Å². The molecule has 0 unspecified atom stereocenters. The van der Waals surface area contributed by atoms with Gasteiger partial charge in [0.05, 0.1) is 18.8 Å². The van der Waals surface area contributed by atoms with Gasteiger partial charge in [-0.05, 0) is 48.4 Å². The summed E-state index contributed by atoms with van der Waals surface area (Å²) in [5.74, 6) is -0.242. The Kier molecular flexibility index (Phi) is 6.66. The van der Waals surface area contributed by atoms with Gasteiger partial charge in [-0.2, -0.15) is 5.10 Å². The second-order valence-electron chi connectivity index (χ2n) is 10.1. The highest BCUT2D eigenvalue weighted by Crippen LogP contribution is 2.31. The molecule has 38 heavy (non-hydrogen) atoms. The number of aromatic nitrogens is 4. The van der Waals surface area contributed by atoms with Crippen molar-refractivity contribution in [3.63, 3.8) is 0 Å². The number of β-amino-alcohol motifs (C(OH)–C–C–N with tert-alkyl or cyclic N) is 1. The van der Waals surface area contributed by atoms with Crippen molar-refractivity contribution in [3.05, 3.63) is 90.8 Å². The van der Waals surface area contributed by atoms with Crippen molar-refractivity contribution >= 4 is 16.7 Å². The molecule has 8 heteroatoms. The quantitative estimate of drug-likeness (QED) is 0.330. The molecule has 0 bridgehead atoms. The maximum absolute atomic E-state index is 13.6. The van der Waals surface area contributed by atoms with Crippen LogP contribution in [-0.2, 0) is 6.54 Å². The van der Waals surface area contributed by atoms with Crippen LogP contribution < -0.4 is 4.90 Å². The summed E-state index contributed by atoms with van der Waals surface area (Å²) in [4.78, 5) is 12.7. The molecule has 0 radical (unpaired) electrons. The normalized spacial score (nSPS) is 15.3. The van der Waals surface area contributed by atoms with E-state index < -0.39 is 0 Å². The lowest BCUT2D eigenvalue weighted by Gasteiger charge is -2.36. The number of piperazine rings is 1. The summed E-state index contributed by atoms with van der Waals surface area (Å²) >= 11 is 0. The third-order valence-corrected chi connectivity index (χ3v) is 7.17. The number of fused-ring (bicyclic) bond motifs is 1. The topological polar surface area (TPSA) is 73.2 Å². The molecular weight excluding hydrogens is 479 g/mol. The van der Waals surface area contributed by atoms with Gasteiger partial charge in [-0.15, -0.1) is 0 Å². The van der Waals surface area contributed by atoms with Gasteiger partial charge < -0.3 is 15.0 Å². The van der Waals surface area contributed by atoms with Crippen LogP contribution in [0, 0.1) is 5.82 Å². The van der Waals surface area contributed by atoms with E-state index >= 15 is 0 Å². The number of H-pyrrole nitrogens is 1. The molecule has 1 saturated heterocycles. The molecule has 2 aromatic carbocycles. The van der Waals surface area contributed by atoms with E-state index in [1.807, 2.05) is 42.5 Å². The molecule has 0 amide bonds. The van der Waals surface area contributed by atoms with Crippen LogP contribution in [0.3, 0.4) is 0 Å². The Labute approximate surface area is 221 Å². The minimum absolute atomic E-state index is 0.242. The Bertz CT molecular complexity index is 1530. The molecule has 4 heterocycles. The van der Waals surface area contributed by atoms with Gasteiger partial charge in [-0.3, -0.25) is 9.58 Å². The summed E-state index contributed by atoms with van der Waals surface area (Å²) in [6.45, 7) is 6.92. The fourth-order valence-electron chi connectivity index (χ4n) is 5.24. The maximum atomic E-state index is 13.6. The first-order valence-corrected chi connectivity index (χ1v) is 13.0. The highest BCUT2D eigenvalue weighted by molar-refractivity contribution is 5.95. The van der Waals surface area contributed by atoms with Crippen LogP contribution in [0.2, 0.25) is 0 Å². The van der Waals surface area contributed by atoms with Crippen molar-refractivity contribution in [2.75, 3.05) is 37.6 Å². The Morgan fingerprint density at radius 1 is 0.974 bits per heavy atom. The number of hydrogen-bond acceptors (Lipinski definition) is 5. The van der Waals surface area contributed by atoms with Crippen molar-refractivity contribution in [2.24, 2.45) is 0 Å². The average Bonchev–Trinajstić information content (AvgIpc) is 3.55. The number of hydrogen-bond donors (Lipinski definition) is 2. The minimum atomic E-state index is -0.288. The number of anilines is 1. The molecule has 1 atom stereocenters. The van der Waals surface area contributed by atoms with Crippen molar-refractivity contribution in [1.82, 2.24) is 24.6 Å². The highest BCUT2D eigenvalue weighted by Gasteiger charge is 2.18. The zero-order valence-electron chi connectivity index (χ0n) is 21.4. The maximum Gasteiger partial charge on any atom is 0.137 e. The van der Waals surface area contributed by atoms with Crippen molar-refractivity contribution in [2.45, 2.75) is 19.6 Å². The lowest BCUT2D eigenvalue weighted by Crippen LogP contribution is -2.48. The monoisotopic (exact) mass is 510 g/mol. The van der Waals surface area contributed by atoms with Crippen LogP contribution in [-0.4, -0.2) is 68.6 Å². The van der Waals surface area contributed by atoms with E-state index in [-0.39, 0.29) is 11.9 Å². The fraction of sp³-hybridized carbons (Fsp3) is 0.267. The van der Waals surface area contributed by atoms with Gasteiger partial charge in [0.15, 0.2) is 0 Å². The molecule has 1 fully saturated rings. The molecule has 0 spiro atoms. The van der Waals surface area contributed by atoms with E-state index in [1.165, 1.54) is 17.8 Å². The summed E-state index contributed by atoms with van der Waals surface area (Å²) in [6, 6.07) is 17.4. The number of benzene rings is 2. The number of aliphatic hydroxyl groups excluding tert-OH is 1. The van der Waals surface area contributed by atoms with Crippen molar-refractivity contribution < 1.29 is 9.50 Å². The number of halogens is 1. The third-order valence-electron chi connectivity index (χ3n) is 7.17. The number of nitrogens with zero attached hydrogens (tertiary/aromatic N) is 5. The number of pyridine rings is 1. The van der Waals surface area contributed by atoms with Crippen molar-refractivity contribution in [3.8, 4) is 22.3 Å². The Balaban J connectivity index is 1.19. The molecule has 3 aromatic heterocycles. The first-order valence-electron chi connectivity index (χ1n) is 13.0. The van der Waals surface area contributed by atoms with Crippen LogP contribution in [0.4, 0.5) is 10.1 Å². The van der Waals surface area contributed by atoms with Crippen LogP contribution in [0.25, 0.3) is 33.3 Å². The smallest absolute Gasteiger partial charge is 0.137 e.